The average molecular weight is 392 g/mol. The summed E-state index contributed by atoms with van der Waals surface area (Å²) in [6, 6.07) is 12.6. The third-order valence-electron chi connectivity index (χ3n) is 4.57. The van der Waals surface area contributed by atoms with Crippen LogP contribution in [0.2, 0.25) is 0 Å². The van der Waals surface area contributed by atoms with Gasteiger partial charge in [-0.1, -0.05) is 30.3 Å². The van der Waals surface area contributed by atoms with Crippen LogP contribution in [0.4, 0.5) is 17.3 Å². The summed E-state index contributed by atoms with van der Waals surface area (Å²) in [6.45, 7) is 1.66. The Balaban J connectivity index is 1.50. The van der Waals surface area contributed by atoms with Gasteiger partial charge in [-0.15, -0.1) is 5.10 Å². The number of nitro groups is 1. The molecule has 0 fully saturated rings. The van der Waals surface area contributed by atoms with Crippen molar-refractivity contribution in [1.29, 1.82) is 0 Å². The average Bonchev–Trinajstić information content (AvgIpc) is 3.23. The van der Waals surface area contributed by atoms with Crippen LogP contribution < -0.4 is 10.6 Å². The number of carbonyl (C=O) groups is 2. The van der Waals surface area contributed by atoms with Crippen molar-refractivity contribution in [2.45, 2.75) is 19.4 Å². The lowest BCUT2D eigenvalue weighted by Crippen LogP contribution is -2.24. The highest BCUT2D eigenvalue weighted by Gasteiger charge is 2.35. The molecule has 0 spiro atoms. The minimum absolute atomic E-state index is 0.0589. The second-order valence-corrected chi connectivity index (χ2v) is 6.58. The van der Waals surface area contributed by atoms with Gasteiger partial charge < -0.3 is 5.32 Å². The van der Waals surface area contributed by atoms with E-state index in [-0.39, 0.29) is 24.0 Å². The number of hydrogen-bond donors (Lipinski definition) is 2. The number of aromatic nitrogens is 3. The van der Waals surface area contributed by atoms with Gasteiger partial charge >= 0.3 is 0 Å². The highest BCUT2D eigenvalue weighted by Crippen LogP contribution is 2.29. The van der Waals surface area contributed by atoms with Crippen LogP contribution in [-0.4, -0.2) is 31.5 Å². The van der Waals surface area contributed by atoms with Gasteiger partial charge in [0.15, 0.2) is 5.82 Å². The number of nitro benzene ring substituents is 1. The van der Waals surface area contributed by atoms with Gasteiger partial charge in [0.05, 0.1) is 11.3 Å². The molecule has 1 aromatic heterocycles. The minimum atomic E-state index is -0.826. The summed E-state index contributed by atoms with van der Waals surface area (Å²) in [5.74, 6) is -0.0303. The Morgan fingerprint density at radius 2 is 2.03 bits per heavy atom. The summed E-state index contributed by atoms with van der Waals surface area (Å²) in [6.07, 6.45) is -0.146. The first kappa shape index (κ1) is 18.3. The number of hydrogen-bond acceptors (Lipinski definition) is 6. The minimum Gasteiger partial charge on any atom is -0.326 e. The van der Waals surface area contributed by atoms with Crippen molar-refractivity contribution < 1.29 is 14.5 Å². The first-order chi connectivity index (χ1) is 13.9. The molecule has 4 rings (SSSR count). The summed E-state index contributed by atoms with van der Waals surface area (Å²) in [7, 11) is 0. The number of fused-ring (bicyclic) bond motifs is 1. The summed E-state index contributed by atoms with van der Waals surface area (Å²) in [5.41, 5.74) is 1.74. The van der Waals surface area contributed by atoms with E-state index in [9.17, 15) is 19.7 Å². The van der Waals surface area contributed by atoms with E-state index in [0.717, 1.165) is 5.56 Å². The van der Waals surface area contributed by atoms with Gasteiger partial charge in [0, 0.05) is 23.4 Å². The molecule has 10 heteroatoms. The van der Waals surface area contributed by atoms with Gasteiger partial charge in [0.25, 0.3) is 11.6 Å². The van der Waals surface area contributed by atoms with Crippen LogP contribution in [0.1, 0.15) is 18.0 Å². The molecule has 0 radical (unpaired) electrons. The molecule has 1 aliphatic heterocycles. The maximum absolute atomic E-state index is 12.5. The van der Waals surface area contributed by atoms with Gasteiger partial charge in [-0.25, -0.2) is 4.68 Å². The standard InChI is InChI=1S/C19H16N6O4/c1-11-9-13(25(28)29)7-8-14(11)20-16(26)10-15-18(27)22-19-21-17(23-24(15)19)12-5-3-2-4-6-12/h2-9,15H,10H2,1H3,(H,20,26)(H,21,22,23,27)/t15-/m1/s1. The van der Waals surface area contributed by atoms with E-state index in [1.54, 1.807) is 6.92 Å². The van der Waals surface area contributed by atoms with E-state index in [1.807, 2.05) is 30.3 Å². The molecule has 146 valence electrons. The molecule has 0 aliphatic carbocycles. The molecule has 0 unspecified atom stereocenters. The summed E-state index contributed by atoms with van der Waals surface area (Å²) < 4.78 is 1.41. The summed E-state index contributed by atoms with van der Waals surface area (Å²) in [5, 5.41) is 20.5. The number of rotatable bonds is 5. The highest BCUT2D eigenvalue weighted by atomic mass is 16.6. The first-order valence-corrected chi connectivity index (χ1v) is 8.80. The van der Waals surface area contributed by atoms with Crippen LogP contribution in [0.25, 0.3) is 11.4 Å². The highest BCUT2D eigenvalue weighted by molar-refractivity contribution is 6.01. The Kier molecular flexibility index (Phi) is 4.51. The number of benzene rings is 2. The largest absolute Gasteiger partial charge is 0.326 e. The molecule has 29 heavy (non-hydrogen) atoms. The smallest absolute Gasteiger partial charge is 0.269 e. The molecule has 2 heterocycles. The molecule has 0 bridgehead atoms. The van der Waals surface area contributed by atoms with Crippen molar-refractivity contribution in [3.05, 3.63) is 64.2 Å². The lowest BCUT2D eigenvalue weighted by atomic mass is 10.1. The molecule has 2 N–H and O–H groups in total. The molecule has 2 aromatic carbocycles. The molecular weight excluding hydrogens is 376 g/mol. The quantitative estimate of drug-likeness (QED) is 0.507. The van der Waals surface area contributed by atoms with Crippen molar-refractivity contribution in [3.63, 3.8) is 0 Å². The number of carbonyl (C=O) groups excluding carboxylic acids is 2. The van der Waals surface area contributed by atoms with Crippen molar-refractivity contribution in [2.24, 2.45) is 0 Å². The maximum Gasteiger partial charge on any atom is 0.269 e. The zero-order valence-electron chi connectivity index (χ0n) is 15.3. The predicted molar refractivity (Wildman–Crippen MR) is 104 cm³/mol. The molecule has 0 saturated heterocycles. The Bertz CT molecular complexity index is 1120. The molecule has 2 amide bonds. The number of anilines is 2. The van der Waals surface area contributed by atoms with E-state index < -0.39 is 16.9 Å². The van der Waals surface area contributed by atoms with Crippen LogP contribution in [0.15, 0.2) is 48.5 Å². The normalized spacial score (nSPS) is 14.9. The van der Waals surface area contributed by atoms with Crippen LogP contribution in [0, 0.1) is 17.0 Å². The second-order valence-electron chi connectivity index (χ2n) is 6.58. The first-order valence-electron chi connectivity index (χ1n) is 8.80. The molecule has 1 atom stereocenters. The van der Waals surface area contributed by atoms with Crippen LogP contribution in [0.3, 0.4) is 0 Å². The van der Waals surface area contributed by atoms with Crippen LogP contribution in [-0.2, 0) is 9.59 Å². The molecule has 1 aliphatic rings. The topological polar surface area (TPSA) is 132 Å². The zero-order valence-corrected chi connectivity index (χ0v) is 15.3. The second kappa shape index (κ2) is 7.15. The van der Waals surface area contributed by atoms with E-state index in [2.05, 4.69) is 20.7 Å². The summed E-state index contributed by atoms with van der Waals surface area (Å²) in [4.78, 5) is 39.4. The number of aryl methyl sites for hydroxylation is 1. The van der Waals surface area contributed by atoms with Crippen molar-refractivity contribution in [3.8, 4) is 11.4 Å². The fraction of sp³-hybridized carbons (Fsp3) is 0.158. The molecular formula is C19H16N6O4. The van der Waals surface area contributed by atoms with E-state index >= 15 is 0 Å². The van der Waals surface area contributed by atoms with Gasteiger partial charge in [0.1, 0.15) is 6.04 Å². The van der Waals surface area contributed by atoms with Crippen molar-refractivity contribution >= 4 is 29.1 Å². The monoisotopic (exact) mass is 392 g/mol. The Morgan fingerprint density at radius 3 is 2.72 bits per heavy atom. The van der Waals surface area contributed by atoms with Crippen LogP contribution in [0.5, 0.6) is 0 Å². The Labute approximate surface area is 164 Å². The SMILES string of the molecule is Cc1cc([N+](=O)[O-])ccc1NC(=O)C[C@@H]1C(=O)Nc2nc(-c3ccccc3)nn21. The number of nitrogens with one attached hydrogen (secondary N) is 2. The number of amides is 2. The maximum atomic E-state index is 12.5. The lowest BCUT2D eigenvalue weighted by molar-refractivity contribution is -0.384. The van der Waals surface area contributed by atoms with Gasteiger partial charge in [-0.3, -0.25) is 25.0 Å². The summed E-state index contributed by atoms with van der Waals surface area (Å²) >= 11 is 0. The molecule has 10 nitrogen and oxygen atoms in total. The van der Waals surface area contributed by atoms with Gasteiger partial charge in [0.2, 0.25) is 11.9 Å². The van der Waals surface area contributed by atoms with Crippen LogP contribution >= 0.6 is 0 Å². The van der Waals surface area contributed by atoms with Gasteiger partial charge in [-0.05, 0) is 18.6 Å². The lowest BCUT2D eigenvalue weighted by Gasteiger charge is -2.11. The molecule has 3 aromatic rings. The Hall–Kier alpha value is -4.08. The zero-order chi connectivity index (χ0) is 20.5. The third-order valence-corrected chi connectivity index (χ3v) is 4.57. The Morgan fingerprint density at radius 1 is 1.28 bits per heavy atom. The fourth-order valence-corrected chi connectivity index (χ4v) is 3.10. The van der Waals surface area contributed by atoms with Crippen molar-refractivity contribution in [1.82, 2.24) is 14.8 Å². The third kappa shape index (κ3) is 3.55. The van der Waals surface area contributed by atoms with E-state index in [1.165, 1.54) is 22.9 Å². The van der Waals surface area contributed by atoms with E-state index in [4.69, 9.17) is 0 Å². The van der Waals surface area contributed by atoms with Crippen molar-refractivity contribution in [2.75, 3.05) is 10.6 Å². The predicted octanol–water partition coefficient (Wildman–Crippen LogP) is 2.68. The number of nitrogens with zero attached hydrogens (tertiary/aromatic N) is 4. The fourth-order valence-electron chi connectivity index (χ4n) is 3.10. The molecule has 0 saturated carbocycles. The van der Waals surface area contributed by atoms with Gasteiger partial charge in [-0.2, -0.15) is 4.98 Å². The van der Waals surface area contributed by atoms with E-state index in [0.29, 0.717) is 17.1 Å². The number of non-ortho nitro benzene ring substituents is 1.